The number of nitrogens with zero attached hydrogens (tertiary/aromatic N) is 3. The first-order chi connectivity index (χ1) is 21.0. The van der Waals surface area contributed by atoms with Gasteiger partial charge in [-0.3, -0.25) is 44.4 Å². The van der Waals surface area contributed by atoms with Crippen molar-refractivity contribution in [1.29, 1.82) is 0 Å². The molecular weight excluding hydrogens is 576 g/mol. The van der Waals surface area contributed by atoms with E-state index in [-0.39, 0.29) is 63.0 Å². The summed E-state index contributed by atoms with van der Waals surface area (Å²) in [6.45, 7) is 5.06. The zero-order valence-electron chi connectivity index (χ0n) is 26.5. The fourth-order valence-corrected chi connectivity index (χ4v) is 3.97. The lowest BCUT2D eigenvalue weighted by Crippen LogP contribution is -2.31. The second-order valence-corrected chi connectivity index (χ2v) is 10.7. The highest BCUT2D eigenvalue weighted by atomic mass is 16.5. The molecule has 0 heterocycles. The molecular formula is C29H54N6O9. The summed E-state index contributed by atoms with van der Waals surface area (Å²) in [6.07, 6.45) is 6.79. The third-order valence-corrected chi connectivity index (χ3v) is 6.65. The van der Waals surface area contributed by atoms with Crippen LogP contribution in [0.2, 0.25) is 0 Å². The number of rotatable bonds is 26. The molecule has 0 fully saturated rings. The Morgan fingerprint density at radius 1 is 0.477 bits per heavy atom. The van der Waals surface area contributed by atoms with Gasteiger partial charge in [-0.05, 0) is 64.2 Å². The van der Waals surface area contributed by atoms with Crippen LogP contribution in [-0.4, -0.2) is 106 Å². The van der Waals surface area contributed by atoms with E-state index >= 15 is 0 Å². The minimum absolute atomic E-state index is 0.0227. The summed E-state index contributed by atoms with van der Waals surface area (Å²) in [5.74, 6) is -2.09. The van der Waals surface area contributed by atoms with Gasteiger partial charge in [-0.15, -0.1) is 0 Å². The topological polar surface area (TPSA) is 209 Å². The fraction of sp³-hybridized carbons (Fsp3) is 0.793. The van der Waals surface area contributed by atoms with Gasteiger partial charge in [0.25, 0.3) is 0 Å². The van der Waals surface area contributed by atoms with Crippen LogP contribution in [-0.2, 0) is 28.8 Å². The van der Waals surface area contributed by atoms with Crippen LogP contribution >= 0.6 is 0 Å². The first-order valence-electron chi connectivity index (χ1n) is 15.7. The van der Waals surface area contributed by atoms with E-state index in [0.29, 0.717) is 86.2 Å². The Labute approximate surface area is 260 Å². The second-order valence-electron chi connectivity index (χ2n) is 10.7. The van der Waals surface area contributed by atoms with E-state index in [4.69, 9.17) is 0 Å². The third-order valence-electron chi connectivity index (χ3n) is 6.65. The van der Waals surface area contributed by atoms with Gasteiger partial charge in [-0.2, -0.15) is 0 Å². The lowest BCUT2D eigenvalue weighted by atomic mass is 10.2. The first kappa shape index (κ1) is 40.7. The number of hydroxylamine groups is 6. The van der Waals surface area contributed by atoms with Gasteiger partial charge in [0.05, 0.1) is 0 Å². The number of hydrogen-bond acceptors (Lipinski definition) is 9. The summed E-state index contributed by atoms with van der Waals surface area (Å²) < 4.78 is 0. The minimum Gasteiger partial charge on any atom is -0.356 e. The summed E-state index contributed by atoms with van der Waals surface area (Å²) >= 11 is 0. The van der Waals surface area contributed by atoms with Crippen LogP contribution in [0.25, 0.3) is 0 Å². The quantitative estimate of drug-likeness (QED) is 0.0468. The molecule has 6 N–H and O–H groups in total. The first-order valence-corrected chi connectivity index (χ1v) is 15.7. The maximum absolute atomic E-state index is 12.0. The van der Waals surface area contributed by atoms with Gasteiger partial charge in [0.2, 0.25) is 35.4 Å². The Bertz CT molecular complexity index is 874. The maximum atomic E-state index is 12.0. The zero-order valence-corrected chi connectivity index (χ0v) is 26.5. The van der Waals surface area contributed by atoms with E-state index < -0.39 is 17.7 Å². The Hall–Kier alpha value is -3.30. The van der Waals surface area contributed by atoms with Crippen molar-refractivity contribution in [2.75, 3.05) is 39.3 Å². The largest absolute Gasteiger partial charge is 0.356 e. The molecule has 0 aliphatic rings. The summed E-state index contributed by atoms with van der Waals surface area (Å²) in [5.41, 5.74) is 0. The molecule has 0 aliphatic heterocycles. The maximum Gasteiger partial charge on any atom is 0.246 e. The molecule has 0 spiro atoms. The Morgan fingerprint density at radius 2 is 0.818 bits per heavy atom. The standard InChI is InChI=1S/C29H54N6O9/c1-3-13-25(37)30-18-8-5-11-22-34(43)28(40)17-15-27(39)32-20-9-6-12-23-35(44)29(41)16-14-26(38)31-19-7-4-10-21-33(42)24(2)36/h42-44H,3-23H2,1-2H3,(H,30,37)(H,31,38)(H,32,39). The van der Waals surface area contributed by atoms with Crippen LogP contribution in [0, 0.1) is 0 Å². The number of unbranched alkanes of at least 4 members (excludes halogenated alkanes) is 6. The molecule has 0 unspecified atom stereocenters. The van der Waals surface area contributed by atoms with Crippen molar-refractivity contribution in [3.8, 4) is 0 Å². The normalized spacial score (nSPS) is 10.6. The van der Waals surface area contributed by atoms with Crippen molar-refractivity contribution < 1.29 is 44.4 Å². The monoisotopic (exact) mass is 630 g/mol. The average Bonchev–Trinajstić information content (AvgIpc) is 2.99. The fourth-order valence-electron chi connectivity index (χ4n) is 3.97. The van der Waals surface area contributed by atoms with Crippen molar-refractivity contribution >= 4 is 35.4 Å². The zero-order chi connectivity index (χ0) is 33.2. The molecule has 0 rings (SSSR count). The second kappa shape index (κ2) is 26.1. The van der Waals surface area contributed by atoms with Gasteiger partial charge < -0.3 is 16.0 Å². The van der Waals surface area contributed by atoms with E-state index in [1.165, 1.54) is 6.92 Å². The van der Waals surface area contributed by atoms with Crippen molar-refractivity contribution in [3.05, 3.63) is 0 Å². The highest BCUT2D eigenvalue weighted by Crippen LogP contribution is 2.03. The number of carbonyl (C=O) groups is 6. The predicted molar refractivity (Wildman–Crippen MR) is 160 cm³/mol. The van der Waals surface area contributed by atoms with Crippen LogP contribution in [0.5, 0.6) is 0 Å². The molecule has 0 aliphatic carbocycles. The molecule has 0 saturated carbocycles. The molecule has 0 atom stereocenters. The van der Waals surface area contributed by atoms with E-state index in [2.05, 4.69) is 16.0 Å². The Morgan fingerprint density at radius 3 is 1.16 bits per heavy atom. The van der Waals surface area contributed by atoms with E-state index in [0.717, 1.165) is 19.3 Å². The Balaban J connectivity index is 3.76. The summed E-state index contributed by atoms with van der Waals surface area (Å²) in [7, 11) is 0. The number of amides is 6. The molecule has 44 heavy (non-hydrogen) atoms. The van der Waals surface area contributed by atoms with Gasteiger partial charge >= 0.3 is 0 Å². The van der Waals surface area contributed by atoms with Gasteiger partial charge in [0, 0.05) is 78.3 Å². The van der Waals surface area contributed by atoms with E-state index in [9.17, 15) is 44.4 Å². The summed E-state index contributed by atoms with van der Waals surface area (Å²) in [4.78, 5) is 70.2. The predicted octanol–water partition coefficient (Wildman–Crippen LogP) is 1.88. The lowest BCUT2D eigenvalue weighted by Gasteiger charge is -2.15. The average molecular weight is 631 g/mol. The minimum atomic E-state index is -0.556. The molecule has 254 valence electrons. The number of hydrogen-bond donors (Lipinski definition) is 6. The summed E-state index contributed by atoms with van der Waals surface area (Å²) in [5, 5.41) is 39.1. The van der Waals surface area contributed by atoms with Crippen LogP contribution in [0.4, 0.5) is 0 Å². The van der Waals surface area contributed by atoms with Gasteiger partial charge in [-0.1, -0.05) is 6.92 Å². The van der Waals surface area contributed by atoms with Crippen LogP contribution in [0.1, 0.15) is 110 Å². The van der Waals surface area contributed by atoms with Crippen LogP contribution < -0.4 is 16.0 Å². The molecule has 0 aromatic carbocycles. The third kappa shape index (κ3) is 23.2. The van der Waals surface area contributed by atoms with Gasteiger partial charge in [0.1, 0.15) is 0 Å². The van der Waals surface area contributed by atoms with Crippen LogP contribution in [0.3, 0.4) is 0 Å². The van der Waals surface area contributed by atoms with E-state index in [1.54, 1.807) is 0 Å². The molecule has 0 aromatic heterocycles. The number of nitrogens with one attached hydrogen (secondary N) is 3. The molecule has 6 amide bonds. The molecule has 0 aromatic rings. The molecule has 0 radical (unpaired) electrons. The van der Waals surface area contributed by atoms with Crippen molar-refractivity contribution in [2.24, 2.45) is 0 Å². The van der Waals surface area contributed by atoms with Crippen LogP contribution in [0.15, 0.2) is 0 Å². The molecule has 15 nitrogen and oxygen atoms in total. The SMILES string of the molecule is CCCC(=O)NCCCCCN(O)C(=O)CCC(=O)NCCCCCN(O)C(=O)CCC(=O)NCCCCCN(O)C(C)=O. The van der Waals surface area contributed by atoms with Crippen molar-refractivity contribution in [3.63, 3.8) is 0 Å². The van der Waals surface area contributed by atoms with Gasteiger partial charge in [-0.25, -0.2) is 15.2 Å². The van der Waals surface area contributed by atoms with E-state index in [1.807, 2.05) is 6.92 Å². The lowest BCUT2D eigenvalue weighted by molar-refractivity contribution is -0.166. The highest BCUT2D eigenvalue weighted by molar-refractivity contribution is 5.83. The highest BCUT2D eigenvalue weighted by Gasteiger charge is 2.14. The smallest absolute Gasteiger partial charge is 0.246 e. The Kier molecular flexibility index (Phi) is 24.2. The molecule has 0 bridgehead atoms. The van der Waals surface area contributed by atoms with Crippen molar-refractivity contribution in [2.45, 2.75) is 110 Å². The summed E-state index contributed by atoms with van der Waals surface area (Å²) in [6, 6.07) is 0. The van der Waals surface area contributed by atoms with Crippen molar-refractivity contribution in [1.82, 2.24) is 31.1 Å². The molecule has 15 heteroatoms. The van der Waals surface area contributed by atoms with Gasteiger partial charge in [0.15, 0.2) is 0 Å². The number of carbonyl (C=O) groups excluding carboxylic acids is 6. The molecule has 0 saturated heterocycles.